The summed E-state index contributed by atoms with van der Waals surface area (Å²) in [6.45, 7) is 0. The highest BCUT2D eigenvalue weighted by molar-refractivity contribution is 9.12. The van der Waals surface area contributed by atoms with Gasteiger partial charge in [0.1, 0.15) is 5.75 Å². The first-order chi connectivity index (χ1) is 7.43. The van der Waals surface area contributed by atoms with Crippen LogP contribution in [0.15, 0.2) is 16.6 Å². The third-order valence-corrected chi connectivity index (χ3v) is 2.80. The number of fused-ring (bicyclic) bond motifs is 1. The number of rotatable bonds is 0. The number of carbonyl (C=O) groups excluding carboxylic acids is 2. The summed E-state index contributed by atoms with van der Waals surface area (Å²) in [4.78, 5) is 23.2. The Bertz CT molecular complexity index is 559. The van der Waals surface area contributed by atoms with Gasteiger partial charge in [-0.2, -0.15) is 0 Å². The summed E-state index contributed by atoms with van der Waals surface area (Å²) in [5.74, 6) is -3.19. The Hall–Kier alpha value is -1.82. The quantitative estimate of drug-likeness (QED) is 0.495. The summed E-state index contributed by atoms with van der Waals surface area (Å²) in [7, 11) is 0. The number of aromatic hydroxyl groups is 3. The van der Waals surface area contributed by atoms with Crippen LogP contribution in [0.25, 0.3) is 0 Å². The molecule has 2 rings (SSSR count). The number of benzene rings is 1. The lowest BCUT2D eigenvalue weighted by Gasteiger charge is -2.15. The zero-order chi connectivity index (χ0) is 12.0. The number of allylic oxidation sites excluding steroid dienone is 2. The van der Waals surface area contributed by atoms with Crippen LogP contribution in [0.5, 0.6) is 17.2 Å². The van der Waals surface area contributed by atoms with Crippen LogP contribution in [0.4, 0.5) is 0 Å². The third-order valence-electron chi connectivity index (χ3n) is 2.21. The highest BCUT2D eigenvalue weighted by Crippen LogP contribution is 2.41. The Morgan fingerprint density at radius 3 is 2.25 bits per heavy atom. The molecule has 16 heavy (non-hydrogen) atoms. The topological polar surface area (TPSA) is 94.8 Å². The van der Waals surface area contributed by atoms with Gasteiger partial charge < -0.3 is 15.3 Å². The first-order valence-corrected chi connectivity index (χ1v) is 4.97. The van der Waals surface area contributed by atoms with E-state index in [9.17, 15) is 24.9 Å². The molecule has 3 N–H and O–H groups in total. The molecule has 0 atom stereocenters. The number of halogens is 1. The Kier molecular flexibility index (Phi) is 2.23. The van der Waals surface area contributed by atoms with Crippen LogP contribution >= 0.6 is 15.9 Å². The van der Waals surface area contributed by atoms with E-state index in [0.29, 0.717) is 0 Å². The van der Waals surface area contributed by atoms with Gasteiger partial charge in [-0.15, -0.1) is 0 Å². The maximum absolute atomic E-state index is 11.6. The van der Waals surface area contributed by atoms with Crippen molar-refractivity contribution in [1.82, 2.24) is 0 Å². The molecule has 6 heteroatoms. The monoisotopic (exact) mass is 284 g/mol. The van der Waals surface area contributed by atoms with Crippen LogP contribution in [-0.4, -0.2) is 26.9 Å². The lowest BCUT2D eigenvalue weighted by Crippen LogP contribution is -2.14. The highest BCUT2D eigenvalue weighted by Gasteiger charge is 2.31. The zero-order valence-corrected chi connectivity index (χ0v) is 9.28. The van der Waals surface area contributed by atoms with Crippen molar-refractivity contribution < 1.29 is 24.9 Å². The van der Waals surface area contributed by atoms with Crippen molar-refractivity contribution in [2.24, 2.45) is 0 Å². The van der Waals surface area contributed by atoms with Gasteiger partial charge in [0, 0.05) is 12.1 Å². The summed E-state index contributed by atoms with van der Waals surface area (Å²) in [5, 5.41) is 28.2. The van der Waals surface area contributed by atoms with Crippen LogP contribution in [-0.2, 0) is 0 Å². The molecular formula is C10H5BrO5. The Balaban J connectivity index is 2.87. The molecule has 0 saturated heterocycles. The zero-order valence-electron chi connectivity index (χ0n) is 7.69. The van der Waals surface area contributed by atoms with Crippen molar-refractivity contribution in [1.29, 1.82) is 0 Å². The Morgan fingerprint density at radius 1 is 1.00 bits per heavy atom. The van der Waals surface area contributed by atoms with Crippen molar-refractivity contribution in [3.63, 3.8) is 0 Å². The van der Waals surface area contributed by atoms with Crippen LogP contribution in [0.1, 0.15) is 20.7 Å². The van der Waals surface area contributed by atoms with Crippen LogP contribution < -0.4 is 0 Å². The Morgan fingerprint density at radius 2 is 1.62 bits per heavy atom. The second-order valence-corrected chi connectivity index (χ2v) is 4.05. The van der Waals surface area contributed by atoms with Crippen molar-refractivity contribution in [2.75, 3.05) is 0 Å². The molecule has 0 radical (unpaired) electrons. The lowest BCUT2D eigenvalue weighted by atomic mass is 9.92. The van der Waals surface area contributed by atoms with Crippen molar-refractivity contribution in [3.05, 3.63) is 27.8 Å². The normalized spacial score (nSPS) is 14.7. The summed E-state index contributed by atoms with van der Waals surface area (Å²) in [6, 6.07) is 0.810. The summed E-state index contributed by atoms with van der Waals surface area (Å²) in [5.41, 5.74) is -0.694. The fourth-order valence-corrected chi connectivity index (χ4v) is 1.89. The minimum Gasteiger partial charge on any atom is -0.507 e. The van der Waals surface area contributed by atoms with Crippen molar-refractivity contribution in [3.8, 4) is 17.2 Å². The molecule has 0 aliphatic heterocycles. The van der Waals surface area contributed by atoms with Gasteiger partial charge in [-0.25, -0.2) is 0 Å². The average molecular weight is 285 g/mol. The van der Waals surface area contributed by atoms with E-state index in [-0.39, 0.29) is 15.6 Å². The fourth-order valence-electron chi connectivity index (χ4n) is 1.49. The summed E-state index contributed by atoms with van der Waals surface area (Å²) >= 11 is 2.88. The number of phenolic OH excluding ortho intramolecular Hbond substituents is 3. The third kappa shape index (κ3) is 1.30. The molecule has 0 heterocycles. The molecule has 0 amide bonds. The Labute approximate surface area is 97.8 Å². The van der Waals surface area contributed by atoms with Gasteiger partial charge in [0.05, 0.1) is 15.6 Å². The fraction of sp³-hybridized carbons (Fsp3) is 0. The van der Waals surface area contributed by atoms with E-state index in [4.69, 9.17) is 0 Å². The number of hydrogen-bond donors (Lipinski definition) is 3. The number of ketones is 2. The molecule has 1 aliphatic carbocycles. The molecule has 1 aromatic rings. The van der Waals surface area contributed by atoms with E-state index >= 15 is 0 Å². The second kappa shape index (κ2) is 3.34. The first-order valence-electron chi connectivity index (χ1n) is 4.17. The van der Waals surface area contributed by atoms with E-state index in [1.54, 1.807) is 0 Å². The molecule has 0 fully saturated rings. The van der Waals surface area contributed by atoms with Crippen LogP contribution in [0, 0.1) is 0 Å². The number of carbonyl (C=O) groups is 2. The second-order valence-electron chi connectivity index (χ2n) is 3.20. The van der Waals surface area contributed by atoms with E-state index in [1.165, 1.54) is 0 Å². The smallest absolute Gasteiger partial charge is 0.204 e. The van der Waals surface area contributed by atoms with E-state index < -0.39 is 28.8 Å². The molecule has 0 aromatic heterocycles. The molecule has 1 aromatic carbocycles. The maximum Gasteiger partial charge on any atom is 0.204 e. The van der Waals surface area contributed by atoms with Gasteiger partial charge in [-0.3, -0.25) is 9.59 Å². The number of phenols is 3. The minimum atomic E-state index is -0.706. The molecular weight excluding hydrogens is 280 g/mol. The maximum atomic E-state index is 11.6. The molecule has 0 spiro atoms. The van der Waals surface area contributed by atoms with Gasteiger partial charge in [0.2, 0.25) is 5.78 Å². The van der Waals surface area contributed by atoms with Gasteiger partial charge in [-0.1, -0.05) is 0 Å². The van der Waals surface area contributed by atoms with Gasteiger partial charge in [-0.05, 0) is 15.9 Å². The molecule has 82 valence electrons. The van der Waals surface area contributed by atoms with Crippen molar-refractivity contribution >= 4 is 27.5 Å². The first kappa shape index (κ1) is 10.7. The minimum absolute atomic E-state index is 0.00890. The SMILES string of the molecule is O=C1C(Br)=CC(=O)c2c(O)c(O)cc(O)c21. The van der Waals surface area contributed by atoms with Crippen LogP contribution in [0.2, 0.25) is 0 Å². The molecule has 0 unspecified atom stereocenters. The number of Topliss-reactive ketones (excluding diaryl/α,β-unsaturated/α-hetero) is 1. The van der Waals surface area contributed by atoms with Gasteiger partial charge in [0.15, 0.2) is 17.3 Å². The summed E-state index contributed by atoms with van der Waals surface area (Å²) < 4.78 is -0.00890. The van der Waals surface area contributed by atoms with E-state index in [0.717, 1.165) is 12.1 Å². The summed E-state index contributed by atoms with van der Waals surface area (Å²) in [6.07, 6.45) is 0.975. The molecule has 1 aliphatic rings. The lowest BCUT2D eigenvalue weighted by molar-refractivity contribution is 0.0986. The highest BCUT2D eigenvalue weighted by atomic mass is 79.9. The van der Waals surface area contributed by atoms with E-state index in [2.05, 4.69) is 15.9 Å². The standard InChI is InChI=1S/C10H5BrO5/c11-3-1-4(12)8-7(9(3)15)5(13)2-6(14)10(8)16/h1-2,13-14,16H. The van der Waals surface area contributed by atoms with Gasteiger partial charge >= 0.3 is 0 Å². The van der Waals surface area contributed by atoms with Crippen molar-refractivity contribution in [2.45, 2.75) is 0 Å². The van der Waals surface area contributed by atoms with Gasteiger partial charge in [0.25, 0.3) is 0 Å². The van der Waals surface area contributed by atoms with Crippen LogP contribution in [0.3, 0.4) is 0 Å². The molecule has 0 bridgehead atoms. The molecule has 5 nitrogen and oxygen atoms in total. The molecule has 0 saturated carbocycles. The largest absolute Gasteiger partial charge is 0.507 e. The predicted molar refractivity (Wildman–Crippen MR) is 57.1 cm³/mol. The van der Waals surface area contributed by atoms with E-state index in [1.807, 2.05) is 0 Å². The number of hydrogen-bond acceptors (Lipinski definition) is 5. The average Bonchev–Trinajstić information content (AvgIpc) is 2.20. The predicted octanol–water partition coefficient (Wildman–Crippen LogP) is 1.46.